The van der Waals surface area contributed by atoms with Crippen LogP contribution < -0.4 is 4.31 Å². The molecule has 0 atom stereocenters. The molecule has 0 bridgehead atoms. The molecule has 0 spiro atoms. The monoisotopic (exact) mass is 225 g/mol. The summed E-state index contributed by atoms with van der Waals surface area (Å²) in [4.78, 5) is 0. The largest absolute Gasteiger partial charge is 0.316 e. The Balaban J connectivity index is 3.33. The lowest BCUT2D eigenvalue weighted by molar-refractivity contribution is 0.410. The van der Waals surface area contributed by atoms with E-state index in [-0.39, 0.29) is 6.54 Å². The number of hydrogen-bond donors (Lipinski definition) is 1. The quantitative estimate of drug-likeness (QED) is 0.350. The van der Waals surface area contributed by atoms with Crippen LogP contribution in [0.2, 0.25) is 0 Å². The van der Waals surface area contributed by atoms with Crippen molar-refractivity contribution in [1.29, 1.82) is 0 Å². The second-order valence-corrected chi connectivity index (χ2v) is 3.02. The Bertz CT molecular complexity index is 356. The van der Waals surface area contributed by atoms with E-state index < -0.39 is 29.0 Å². The predicted octanol–water partition coefficient (Wildman–Crippen LogP) is 2.91. The SMILES string of the molecule is CCN(S)c1cc(F)c(F)c(F)c1F. The van der Waals surface area contributed by atoms with Crippen molar-refractivity contribution in [3.05, 3.63) is 29.3 Å². The molecular formula is C8H7F4NS. The Morgan fingerprint density at radius 1 is 1.14 bits per heavy atom. The van der Waals surface area contributed by atoms with Gasteiger partial charge >= 0.3 is 0 Å². The summed E-state index contributed by atoms with van der Waals surface area (Å²) in [5.74, 6) is -6.52. The highest BCUT2D eigenvalue weighted by atomic mass is 32.1. The summed E-state index contributed by atoms with van der Waals surface area (Å²) < 4.78 is 51.9. The molecule has 0 saturated carbocycles. The van der Waals surface area contributed by atoms with Crippen molar-refractivity contribution in [2.24, 2.45) is 0 Å². The van der Waals surface area contributed by atoms with Crippen LogP contribution in [0.5, 0.6) is 0 Å². The highest BCUT2D eigenvalue weighted by molar-refractivity contribution is 7.81. The first-order valence-corrected chi connectivity index (χ1v) is 4.18. The maximum atomic E-state index is 13.0. The number of nitrogens with zero attached hydrogens (tertiary/aromatic N) is 1. The first-order chi connectivity index (χ1) is 6.49. The maximum absolute atomic E-state index is 13.0. The Hall–Kier alpha value is -0.910. The summed E-state index contributed by atoms with van der Waals surface area (Å²) in [7, 11) is 0. The van der Waals surface area contributed by atoms with Gasteiger partial charge in [-0.1, -0.05) is 12.8 Å². The summed E-state index contributed by atoms with van der Waals surface area (Å²) in [6.45, 7) is 1.83. The molecule has 0 saturated heterocycles. The van der Waals surface area contributed by atoms with Crippen LogP contribution in [-0.4, -0.2) is 6.54 Å². The molecule has 0 aromatic heterocycles. The number of anilines is 1. The van der Waals surface area contributed by atoms with E-state index in [0.29, 0.717) is 6.07 Å². The zero-order chi connectivity index (χ0) is 10.9. The number of thiol groups is 1. The fourth-order valence-corrected chi connectivity index (χ4v) is 1.06. The average Bonchev–Trinajstić information content (AvgIpc) is 2.19. The fraction of sp³-hybridized carbons (Fsp3) is 0.250. The molecule has 6 heteroatoms. The number of rotatable bonds is 2. The van der Waals surface area contributed by atoms with Gasteiger partial charge in [0.2, 0.25) is 0 Å². The summed E-state index contributed by atoms with van der Waals surface area (Å²) >= 11 is 3.76. The van der Waals surface area contributed by atoms with Crippen LogP contribution >= 0.6 is 12.8 Å². The molecule has 1 aromatic carbocycles. The summed E-state index contributed by atoms with van der Waals surface area (Å²) in [6, 6.07) is 0.560. The summed E-state index contributed by atoms with van der Waals surface area (Å²) in [5.41, 5.74) is -0.424. The van der Waals surface area contributed by atoms with E-state index >= 15 is 0 Å². The van der Waals surface area contributed by atoms with E-state index in [1.165, 1.54) is 0 Å². The molecule has 0 N–H and O–H groups in total. The Labute approximate surface area is 83.9 Å². The van der Waals surface area contributed by atoms with E-state index in [2.05, 4.69) is 12.8 Å². The minimum absolute atomic E-state index is 0.227. The normalized spacial score (nSPS) is 10.4. The molecule has 0 heterocycles. The van der Waals surface area contributed by atoms with Gasteiger partial charge in [0, 0.05) is 12.6 Å². The third kappa shape index (κ3) is 1.79. The van der Waals surface area contributed by atoms with E-state index in [4.69, 9.17) is 0 Å². The molecule has 0 amide bonds. The van der Waals surface area contributed by atoms with Crippen LogP contribution in [0.15, 0.2) is 6.07 Å². The molecule has 1 aromatic rings. The molecule has 0 unspecified atom stereocenters. The molecule has 1 rings (SSSR count). The van der Waals surface area contributed by atoms with E-state index in [0.717, 1.165) is 4.31 Å². The standard InChI is InChI=1S/C8H7F4NS/c1-2-13(14)5-3-4(9)6(10)8(12)7(5)11/h3,14H,2H2,1H3. The minimum atomic E-state index is -1.83. The lowest BCUT2D eigenvalue weighted by atomic mass is 10.2. The maximum Gasteiger partial charge on any atom is 0.199 e. The molecule has 14 heavy (non-hydrogen) atoms. The van der Waals surface area contributed by atoms with Crippen molar-refractivity contribution in [2.75, 3.05) is 10.8 Å². The zero-order valence-corrected chi connectivity index (χ0v) is 8.09. The van der Waals surface area contributed by atoms with Crippen LogP contribution in [0, 0.1) is 23.3 Å². The molecule has 0 aliphatic carbocycles. The van der Waals surface area contributed by atoms with Gasteiger partial charge in [0.05, 0.1) is 5.69 Å². The van der Waals surface area contributed by atoms with Crippen LogP contribution in [0.25, 0.3) is 0 Å². The van der Waals surface area contributed by atoms with Gasteiger partial charge in [-0.15, -0.1) is 0 Å². The van der Waals surface area contributed by atoms with Gasteiger partial charge in [0.1, 0.15) is 0 Å². The Morgan fingerprint density at radius 2 is 1.71 bits per heavy atom. The molecule has 1 nitrogen and oxygen atoms in total. The highest BCUT2D eigenvalue weighted by Gasteiger charge is 2.20. The second kappa shape index (κ2) is 4.08. The van der Waals surface area contributed by atoms with Crippen LogP contribution in [0.1, 0.15) is 6.92 Å². The lowest BCUT2D eigenvalue weighted by Gasteiger charge is -2.16. The summed E-state index contributed by atoms with van der Waals surface area (Å²) in [6.07, 6.45) is 0. The number of halogens is 4. The van der Waals surface area contributed by atoms with Crippen molar-refractivity contribution in [1.82, 2.24) is 0 Å². The van der Waals surface area contributed by atoms with Gasteiger partial charge in [-0.3, -0.25) is 0 Å². The van der Waals surface area contributed by atoms with Gasteiger partial charge in [-0.25, -0.2) is 17.6 Å². The predicted molar refractivity (Wildman–Crippen MR) is 48.3 cm³/mol. The minimum Gasteiger partial charge on any atom is -0.316 e. The third-order valence-electron chi connectivity index (χ3n) is 1.66. The van der Waals surface area contributed by atoms with Crippen molar-refractivity contribution in [2.45, 2.75) is 6.92 Å². The van der Waals surface area contributed by atoms with E-state index in [1.807, 2.05) is 0 Å². The molecular weight excluding hydrogens is 218 g/mol. The molecule has 0 radical (unpaired) electrons. The van der Waals surface area contributed by atoms with Gasteiger partial charge in [-0.05, 0) is 6.92 Å². The van der Waals surface area contributed by atoms with Gasteiger partial charge in [0.25, 0.3) is 0 Å². The number of hydrogen-bond acceptors (Lipinski definition) is 2. The smallest absolute Gasteiger partial charge is 0.199 e. The molecule has 0 aliphatic heterocycles. The zero-order valence-electron chi connectivity index (χ0n) is 7.19. The van der Waals surface area contributed by atoms with Crippen molar-refractivity contribution in [3.63, 3.8) is 0 Å². The third-order valence-corrected chi connectivity index (χ3v) is 2.16. The van der Waals surface area contributed by atoms with Gasteiger partial charge in [0.15, 0.2) is 23.3 Å². The topological polar surface area (TPSA) is 3.24 Å². The van der Waals surface area contributed by atoms with Crippen LogP contribution in [0.3, 0.4) is 0 Å². The number of benzene rings is 1. The molecule has 78 valence electrons. The highest BCUT2D eigenvalue weighted by Crippen LogP contribution is 2.26. The van der Waals surface area contributed by atoms with Crippen molar-refractivity contribution in [3.8, 4) is 0 Å². The van der Waals surface area contributed by atoms with Crippen LogP contribution in [-0.2, 0) is 0 Å². The fourth-order valence-electron chi connectivity index (χ4n) is 0.919. The molecule has 0 aliphatic rings. The Kier molecular flexibility index (Phi) is 3.25. The van der Waals surface area contributed by atoms with Crippen LogP contribution in [0.4, 0.5) is 23.2 Å². The lowest BCUT2D eigenvalue weighted by Crippen LogP contribution is -2.13. The van der Waals surface area contributed by atoms with Gasteiger partial charge < -0.3 is 4.31 Å². The van der Waals surface area contributed by atoms with E-state index in [9.17, 15) is 17.6 Å². The van der Waals surface area contributed by atoms with Gasteiger partial charge in [-0.2, -0.15) is 0 Å². The first kappa shape index (κ1) is 11.2. The van der Waals surface area contributed by atoms with E-state index in [1.54, 1.807) is 6.92 Å². The second-order valence-electron chi connectivity index (χ2n) is 2.54. The average molecular weight is 225 g/mol. The first-order valence-electron chi connectivity index (χ1n) is 3.78. The van der Waals surface area contributed by atoms with Crippen molar-refractivity contribution < 1.29 is 17.6 Å². The molecule has 0 fully saturated rings. The Morgan fingerprint density at radius 3 is 2.21 bits per heavy atom. The summed E-state index contributed by atoms with van der Waals surface area (Å²) in [5, 5.41) is 0. The van der Waals surface area contributed by atoms with Crippen molar-refractivity contribution >= 4 is 18.5 Å².